The van der Waals surface area contributed by atoms with Crippen molar-refractivity contribution in [1.29, 1.82) is 0 Å². The van der Waals surface area contributed by atoms with Crippen LogP contribution in [-0.2, 0) is 4.79 Å². The average Bonchev–Trinajstić information content (AvgIpc) is 3.27. The molecule has 1 heterocycles. The van der Waals surface area contributed by atoms with Gasteiger partial charge in [-0.05, 0) is 29.8 Å². The van der Waals surface area contributed by atoms with Gasteiger partial charge in [0.25, 0.3) is 11.8 Å². The maximum absolute atomic E-state index is 12.8. The molecule has 0 unspecified atom stereocenters. The van der Waals surface area contributed by atoms with Gasteiger partial charge in [-0.2, -0.15) is 5.10 Å². The largest absolute Gasteiger partial charge is 0.454 e. The summed E-state index contributed by atoms with van der Waals surface area (Å²) >= 11 is 6.22. The molecule has 4 rings (SSSR count). The number of nitrogens with one attached hydrogen (secondary N) is 2. The van der Waals surface area contributed by atoms with Crippen LogP contribution in [0.5, 0.6) is 11.5 Å². The molecule has 1 aliphatic rings. The van der Waals surface area contributed by atoms with Crippen molar-refractivity contribution in [2.24, 2.45) is 5.10 Å². The Morgan fingerprint density at radius 1 is 0.938 bits per heavy atom. The number of amides is 2. The van der Waals surface area contributed by atoms with Crippen LogP contribution in [0.1, 0.15) is 21.5 Å². The number of halogens is 1. The number of benzene rings is 3. The summed E-state index contributed by atoms with van der Waals surface area (Å²) in [6.07, 6.45) is 2.96. The van der Waals surface area contributed by atoms with Crippen molar-refractivity contribution in [2.45, 2.75) is 0 Å². The van der Waals surface area contributed by atoms with E-state index in [4.69, 9.17) is 21.1 Å². The van der Waals surface area contributed by atoms with E-state index in [0.29, 0.717) is 27.6 Å². The van der Waals surface area contributed by atoms with Gasteiger partial charge >= 0.3 is 0 Å². The van der Waals surface area contributed by atoms with Crippen molar-refractivity contribution in [3.8, 4) is 11.5 Å². The van der Waals surface area contributed by atoms with Gasteiger partial charge in [-0.1, -0.05) is 60.1 Å². The molecule has 2 N–H and O–H groups in total. The summed E-state index contributed by atoms with van der Waals surface area (Å²) in [4.78, 5) is 25.4. The molecule has 0 bridgehead atoms. The Bertz CT molecular complexity index is 1190. The topological polar surface area (TPSA) is 89.0 Å². The fourth-order valence-electron chi connectivity index (χ4n) is 2.91. The zero-order chi connectivity index (χ0) is 22.3. The van der Waals surface area contributed by atoms with Crippen molar-refractivity contribution in [3.05, 3.63) is 100 Å². The van der Waals surface area contributed by atoms with E-state index in [9.17, 15) is 9.59 Å². The predicted molar refractivity (Wildman–Crippen MR) is 122 cm³/mol. The van der Waals surface area contributed by atoms with Crippen molar-refractivity contribution < 1.29 is 19.1 Å². The lowest BCUT2D eigenvalue weighted by atomic mass is 10.1. The van der Waals surface area contributed by atoms with Gasteiger partial charge in [0, 0.05) is 17.2 Å². The van der Waals surface area contributed by atoms with E-state index >= 15 is 0 Å². The number of carbonyl (C=O) groups excluding carboxylic acids is 2. The lowest BCUT2D eigenvalue weighted by Gasteiger charge is -2.09. The van der Waals surface area contributed by atoms with Crippen LogP contribution < -0.4 is 20.2 Å². The van der Waals surface area contributed by atoms with Gasteiger partial charge in [0.15, 0.2) is 11.5 Å². The molecule has 1 aliphatic heterocycles. The minimum atomic E-state index is -0.591. The van der Waals surface area contributed by atoms with E-state index < -0.39 is 11.8 Å². The van der Waals surface area contributed by atoms with Gasteiger partial charge in [0.2, 0.25) is 6.79 Å². The summed E-state index contributed by atoms with van der Waals surface area (Å²) in [5.41, 5.74) is 4.17. The van der Waals surface area contributed by atoms with Crippen LogP contribution >= 0.6 is 11.6 Å². The maximum Gasteiger partial charge on any atom is 0.287 e. The standard InChI is InChI=1S/C24H18ClN3O4/c25-19-13-22-21(31-15-32-22)12-18(19)14-26-28-24(30)20(11-16-7-3-1-4-8-16)27-23(29)17-9-5-2-6-10-17/h1-14H,15H2,(H,27,29)(H,28,30)/b20-11+,26-14+. The molecule has 160 valence electrons. The normalized spacial score (nSPS) is 12.6. The molecule has 0 saturated carbocycles. The molecular weight excluding hydrogens is 430 g/mol. The number of hydrogen-bond acceptors (Lipinski definition) is 5. The van der Waals surface area contributed by atoms with Crippen molar-refractivity contribution in [3.63, 3.8) is 0 Å². The average molecular weight is 448 g/mol. The Morgan fingerprint density at radius 2 is 1.59 bits per heavy atom. The lowest BCUT2D eigenvalue weighted by Crippen LogP contribution is -2.32. The van der Waals surface area contributed by atoms with Gasteiger partial charge in [0.05, 0.1) is 11.2 Å². The van der Waals surface area contributed by atoms with E-state index in [2.05, 4.69) is 15.8 Å². The fourth-order valence-corrected chi connectivity index (χ4v) is 3.11. The molecule has 7 nitrogen and oxygen atoms in total. The second kappa shape index (κ2) is 9.80. The number of hydrazone groups is 1. The Hall–Kier alpha value is -4.10. The molecule has 0 atom stereocenters. The molecule has 3 aromatic carbocycles. The molecule has 0 fully saturated rings. The van der Waals surface area contributed by atoms with E-state index in [1.807, 2.05) is 30.3 Å². The quantitative estimate of drug-likeness (QED) is 0.339. The number of nitrogens with zero attached hydrogens (tertiary/aromatic N) is 1. The van der Waals surface area contributed by atoms with Crippen LogP contribution in [0.3, 0.4) is 0 Å². The van der Waals surface area contributed by atoms with Crippen molar-refractivity contribution in [1.82, 2.24) is 10.7 Å². The van der Waals surface area contributed by atoms with Crippen LogP contribution in [-0.4, -0.2) is 24.8 Å². The van der Waals surface area contributed by atoms with Crippen LogP contribution in [0.15, 0.2) is 83.6 Å². The van der Waals surface area contributed by atoms with Gasteiger partial charge in [0.1, 0.15) is 5.70 Å². The first-order valence-electron chi connectivity index (χ1n) is 9.66. The molecule has 8 heteroatoms. The Kier molecular flexibility index (Phi) is 6.48. The van der Waals surface area contributed by atoms with Crippen LogP contribution in [0.25, 0.3) is 6.08 Å². The first-order chi connectivity index (χ1) is 15.6. The molecule has 0 saturated heterocycles. The number of rotatable bonds is 6. The minimum Gasteiger partial charge on any atom is -0.454 e. The van der Waals surface area contributed by atoms with E-state index in [0.717, 1.165) is 5.56 Å². The monoisotopic (exact) mass is 447 g/mol. The van der Waals surface area contributed by atoms with Gasteiger partial charge in [-0.3, -0.25) is 9.59 Å². The van der Waals surface area contributed by atoms with Gasteiger partial charge in [-0.25, -0.2) is 5.43 Å². The Morgan fingerprint density at radius 3 is 2.31 bits per heavy atom. The number of hydrogen-bond donors (Lipinski definition) is 2. The first kappa shape index (κ1) is 21.1. The van der Waals surface area contributed by atoms with Crippen LogP contribution in [0.4, 0.5) is 0 Å². The van der Waals surface area contributed by atoms with Gasteiger partial charge in [-0.15, -0.1) is 0 Å². The third-order valence-electron chi connectivity index (χ3n) is 4.50. The molecular formula is C24H18ClN3O4. The van der Waals surface area contributed by atoms with Gasteiger partial charge < -0.3 is 14.8 Å². The zero-order valence-corrected chi connectivity index (χ0v) is 17.5. The highest BCUT2D eigenvalue weighted by atomic mass is 35.5. The SMILES string of the molecule is O=C(N/N=C/c1cc2c(cc1Cl)OCO2)/C(=C\c1ccccc1)NC(=O)c1ccccc1. The highest BCUT2D eigenvalue weighted by molar-refractivity contribution is 6.33. The summed E-state index contributed by atoms with van der Waals surface area (Å²) in [5, 5.41) is 7.02. The van der Waals surface area contributed by atoms with Crippen LogP contribution in [0.2, 0.25) is 5.02 Å². The highest BCUT2D eigenvalue weighted by Crippen LogP contribution is 2.36. The summed E-state index contributed by atoms with van der Waals surface area (Å²) in [5.74, 6) is 0.0897. The fraction of sp³-hybridized carbons (Fsp3) is 0.0417. The molecule has 2 amide bonds. The molecule has 0 spiro atoms. The smallest absolute Gasteiger partial charge is 0.287 e. The summed E-state index contributed by atoms with van der Waals surface area (Å²) in [6.45, 7) is 0.123. The minimum absolute atomic E-state index is 0.0407. The first-order valence-corrected chi connectivity index (χ1v) is 10.0. The lowest BCUT2D eigenvalue weighted by molar-refractivity contribution is -0.117. The molecule has 0 aliphatic carbocycles. The highest BCUT2D eigenvalue weighted by Gasteiger charge is 2.17. The second-order valence-electron chi connectivity index (χ2n) is 6.71. The van der Waals surface area contributed by atoms with Crippen molar-refractivity contribution >= 4 is 35.7 Å². The van der Waals surface area contributed by atoms with Crippen LogP contribution in [0, 0.1) is 0 Å². The third kappa shape index (κ3) is 5.14. The summed E-state index contributed by atoms with van der Waals surface area (Å²) in [7, 11) is 0. The van der Waals surface area contributed by atoms with E-state index in [1.165, 1.54) is 6.21 Å². The molecule has 0 radical (unpaired) electrons. The second-order valence-corrected chi connectivity index (χ2v) is 7.12. The third-order valence-corrected chi connectivity index (χ3v) is 4.83. The number of ether oxygens (including phenoxy) is 2. The summed E-state index contributed by atoms with van der Waals surface area (Å²) < 4.78 is 10.6. The Balaban J connectivity index is 1.52. The zero-order valence-electron chi connectivity index (χ0n) is 16.7. The summed E-state index contributed by atoms with van der Waals surface area (Å²) in [6, 6.07) is 21.1. The maximum atomic E-state index is 12.8. The number of fused-ring (bicyclic) bond motifs is 1. The Labute approximate surface area is 189 Å². The molecule has 0 aromatic heterocycles. The molecule has 3 aromatic rings. The molecule has 32 heavy (non-hydrogen) atoms. The predicted octanol–water partition coefficient (Wildman–Crippen LogP) is 3.99. The van der Waals surface area contributed by atoms with Crippen molar-refractivity contribution in [2.75, 3.05) is 6.79 Å². The van der Waals surface area contributed by atoms with E-state index in [-0.39, 0.29) is 12.5 Å². The number of carbonyl (C=O) groups is 2. The van der Waals surface area contributed by atoms with E-state index in [1.54, 1.807) is 48.5 Å².